The molecule has 0 saturated heterocycles. The number of aliphatic hydroxyl groups is 1. The van der Waals surface area contributed by atoms with Gasteiger partial charge in [-0.25, -0.2) is 4.79 Å². The minimum absolute atomic E-state index is 0.163. The summed E-state index contributed by atoms with van der Waals surface area (Å²) in [4.78, 5) is 12.0. The second kappa shape index (κ2) is 7.35. The molecule has 128 valence electrons. The fourth-order valence-electron chi connectivity index (χ4n) is 1.97. The smallest absolute Gasteiger partial charge is 0.416 e. The number of carbonyl (C=O) groups is 1. The molecular formula is C17H16F3NO3. The Kier molecular flexibility index (Phi) is 5.46. The summed E-state index contributed by atoms with van der Waals surface area (Å²) >= 11 is 0. The molecule has 0 spiro atoms. The summed E-state index contributed by atoms with van der Waals surface area (Å²) in [5.41, 5.74) is -0.120. The number of benzene rings is 2. The zero-order valence-electron chi connectivity index (χ0n) is 12.8. The molecule has 1 atom stereocenters. The number of rotatable bonds is 5. The van der Waals surface area contributed by atoms with Crippen molar-refractivity contribution in [2.24, 2.45) is 0 Å². The van der Waals surface area contributed by atoms with Crippen LogP contribution in [0.25, 0.3) is 0 Å². The lowest BCUT2D eigenvalue weighted by molar-refractivity contribution is -0.137. The third-order valence-electron chi connectivity index (χ3n) is 3.07. The summed E-state index contributed by atoms with van der Waals surface area (Å²) < 4.78 is 43.2. The predicted molar refractivity (Wildman–Crippen MR) is 83.1 cm³/mol. The zero-order chi connectivity index (χ0) is 17.7. The molecule has 7 heteroatoms. The standard InChI is InChI=1S/C17H16F3NO3/c1-11(22)10-24-16(23)14-7-2-3-8-15(14)21-13-6-4-5-12(9-13)17(18,19)20/h2-9,11,21-22H,10H2,1H3. The first kappa shape index (κ1) is 17.8. The van der Waals surface area contributed by atoms with Crippen LogP contribution in [0.15, 0.2) is 48.5 Å². The molecule has 2 rings (SSSR count). The summed E-state index contributed by atoms with van der Waals surface area (Å²) in [7, 11) is 0. The fraction of sp³-hybridized carbons (Fsp3) is 0.235. The number of esters is 1. The lowest BCUT2D eigenvalue weighted by Gasteiger charge is -2.14. The number of nitrogens with one attached hydrogen (secondary N) is 1. The van der Waals surface area contributed by atoms with Gasteiger partial charge in [-0.3, -0.25) is 0 Å². The molecule has 0 radical (unpaired) electrons. The van der Waals surface area contributed by atoms with Crippen LogP contribution in [0.1, 0.15) is 22.8 Å². The summed E-state index contributed by atoms with van der Waals surface area (Å²) in [5.74, 6) is -0.675. The fourth-order valence-corrected chi connectivity index (χ4v) is 1.97. The molecule has 2 aromatic carbocycles. The number of aliphatic hydroxyl groups excluding tert-OH is 1. The minimum atomic E-state index is -4.45. The van der Waals surface area contributed by atoms with Crippen molar-refractivity contribution in [3.05, 3.63) is 59.7 Å². The maximum Gasteiger partial charge on any atom is 0.416 e. The molecule has 4 nitrogen and oxygen atoms in total. The van der Waals surface area contributed by atoms with Crippen molar-refractivity contribution in [1.82, 2.24) is 0 Å². The van der Waals surface area contributed by atoms with Gasteiger partial charge in [-0.15, -0.1) is 0 Å². The Bertz CT molecular complexity index is 714. The van der Waals surface area contributed by atoms with E-state index in [1.165, 1.54) is 25.1 Å². The van der Waals surface area contributed by atoms with Crippen LogP contribution < -0.4 is 5.32 Å². The van der Waals surface area contributed by atoms with Crippen LogP contribution in [0.5, 0.6) is 0 Å². The predicted octanol–water partition coefficient (Wildman–Crippen LogP) is 3.99. The number of hydrogen-bond acceptors (Lipinski definition) is 4. The number of para-hydroxylation sites is 1. The Labute approximate surface area is 136 Å². The molecule has 0 aliphatic heterocycles. The van der Waals surface area contributed by atoms with Gasteiger partial charge in [0.15, 0.2) is 0 Å². The van der Waals surface area contributed by atoms with Crippen LogP contribution >= 0.6 is 0 Å². The lowest BCUT2D eigenvalue weighted by Crippen LogP contribution is -2.16. The van der Waals surface area contributed by atoms with Crippen molar-refractivity contribution in [2.75, 3.05) is 11.9 Å². The van der Waals surface area contributed by atoms with E-state index in [0.29, 0.717) is 5.69 Å². The van der Waals surface area contributed by atoms with E-state index >= 15 is 0 Å². The SMILES string of the molecule is CC(O)COC(=O)c1ccccc1Nc1cccc(C(F)(F)F)c1. The van der Waals surface area contributed by atoms with Gasteiger partial charge < -0.3 is 15.2 Å². The van der Waals surface area contributed by atoms with Crippen molar-refractivity contribution in [2.45, 2.75) is 19.2 Å². The van der Waals surface area contributed by atoms with Gasteiger partial charge in [0, 0.05) is 5.69 Å². The topological polar surface area (TPSA) is 58.6 Å². The molecule has 2 aromatic rings. The highest BCUT2D eigenvalue weighted by Crippen LogP contribution is 2.31. The van der Waals surface area contributed by atoms with E-state index in [4.69, 9.17) is 9.84 Å². The quantitative estimate of drug-likeness (QED) is 0.809. The largest absolute Gasteiger partial charge is 0.459 e. The van der Waals surface area contributed by atoms with Crippen LogP contribution in [0.3, 0.4) is 0 Å². The van der Waals surface area contributed by atoms with Crippen LogP contribution in [0.4, 0.5) is 24.5 Å². The van der Waals surface area contributed by atoms with Gasteiger partial charge in [0.2, 0.25) is 0 Å². The first-order valence-corrected chi connectivity index (χ1v) is 7.16. The maximum atomic E-state index is 12.8. The molecule has 24 heavy (non-hydrogen) atoms. The molecule has 0 bridgehead atoms. The maximum absolute atomic E-state index is 12.8. The second-order valence-electron chi connectivity index (χ2n) is 5.20. The van der Waals surface area contributed by atoms with E-state index in [2.05, 4.69) is 5.32 Å². The summed E-state index contributed by atoms with van der Waals surface area (Å²) in [5, 5.41) is 12.0. The normalized spacial score (nSPS) is 12.5. The van der Waals surface area contributed by atoms with Gasteiger partial charge >= 0.3 is 12.1 Å². The summed E-state index contributed by atoms with van der Waals surface area (Å²) in [6.07, 6.45) is -5.26. The molecule has 0 aromatic heterocycles. The van der Waals surface area contributed by atoms with Crippen molar-refractivity contribution in [3.8, 4) is 0 Å². The van der Waals surface area contributed by atoms with Crippen LogP contribution in [-0.4, -0.2) is 23.8 Å². The van der Waals surface area contributed by atoms with E-state index < -0.39 is 23.8 Å². The molecule has 2 N–H and O–H groups in total. The van der Waals surface area contributed by atoms with Gasteiger partial charge in [-0.2, -0.15) is 13.2 Å². The average Bonchev–Trinajstić information content (AvgIpc) is 2.52. The van der Waals surface area contributed by atoms with Gasteiger partial charge in [0.25, 0.3) is 0 Å². The van der Waals surface area contributed by atoms with Crippen molar-refractivity contribution in [1.29, 1.82) is 0 Å². The van der Waals surface area contributed by atoms with Crippen LogP contribution in [0, 0.1) is 0 Å². The first-order valence-electron chi connectivity index (χ1n) is 7.16. The van der Waals surface area contributed by atoms with E-state index in [0.717, 1.165) is 12.1 Å². The highest BCUT2D eigenvalue weighted by molar-refractivity contribution is 5.96. The zero-order valence-corrected chi connectivity index (χ0v) is 12.8. The van der Waals surface area contributed by atoms with Gasteiger partial charge in [-0.1, -0.05) is 18.2 Å². The van der Waals surface area contributed by atoms with Gasteiger partial charge in [0.05, 0.1) is 22.9 Å². The highest BCUT2D eigenvalue weighted by Gasteiger charge is 2.30. The molecular weight excluding hydrogens is 323 g/mol. The van der Waals surface area contributed by atoms with Gasteiger partial charge in [0.1, 0.15) is 6.61 Å². The monoisotopic (exact) mass is 339 g/mol. The van der Waals surface area contributed by atoms with E-state index in [-0.39, 0.29) is 17.9 Å². The summed E-state index contributed by atoms with van der Waals surface area (Å²) in [6.45, 7) is 1.30. The Morgan fingerprint density at radius 2 is 1.92 bits per heavy atom. The van der Waals surface area contributed by atoms with Crippen molar-refractivity contribution < 1.29 is 27.8 Å². The van der Waals surface area contributed by atoms with E-state index in [1.54, 1.807) is 18.2 Å². The highest BCUT2D eigenvalue weighted by atomic mass is 19.4. The number of hydrogen-bond donors (Lipinski definition) is 2. The molecule has 1 unspecified atom stereocenters. The molecule has 0 amide bonds. The number of carbonyl (C=O) groups excluding carboxylic acids is 1. The van der Waals surface area contributed by atoms with Crippen LogP contribution in [0.2, 0.25) is 0 Å². The van der Waals surface area contributed by atoms with E-state index in [1.807, 2.05) is 0 Å². The molecule has 0 aliphatic rings. The number of ether oxygens (including phenoxy) is 1. The third-order valence-corrected chi connectivity index (χ3v) is 3.07. The van der Waals surface area contributed by atoms with Gasteiger partial charge in [-0.05, 0) is 37.3 Å². The number of halogens is 3. The average molecular weight is 339 g/mol. The molecule has 0 aliphatic carbocycles. The summed E-state index contributed by atoms with van der Waals surface area (Å²) in [6, 6.07) is 11.0. The first-order chi connectivity index (χ1) is 11.3. The Hall–Kier alpha value is -2.54. The van der Waals surface area contributed by atoms with Crippen molar-refractivity contribution >= 4 is 17.3 Å². The third kappa shape index (κ3) is 4.73. The Morgan fingerprint density at radius 3 is 2.58 bits per heavy atom. The number of alkyl halides is 3. The van der Waals surface area contributed by atoms with E-state index in [9.17, 15) is 18.0 Å². The molecule has 0 saturated carbocycles. The number of anilines is 2. The minimum Gasteiger partial charge on any atom is -0.459 e. The second-order valence-corrected chi connectivity index (χ2v) is 5.20. The Morgan fingerprint density at radius 1 is 1.21 bits per heavy atom. The Balaban J connectivity index is 2.23. The molecule has 0 fully saturated rings. The lowest BCUT2D eigenvalue weighted by atomic mass is 10.1. The van der Waals surface area contributed by atoms with Crippen LogP contribution in [-0.2, 0) is 10.9 Å². The van der Waals surface area contributed by atoms with Crippen molar-refractivity contribution in [3.63, 3.8) is 0 Å². The molecule has 0 heterocycles.